The summed E-state index contributed by atoms with van der Waals surface area (Å²) in [7, 11) is 0. The molecule has 54 valence electrons. The minimum Gasteiger partial charge on any atom is -0.472 e. The lowest BCUT2D eigenvalue weighted by atomic mass is 10.3. The molecule has 0 aliphatic heterocycles. The van der Waals surface area contributed by atoms with Crippen LogP contribution in [-0.4, -0.2) is 5.84 Å². The smallest absolute Gasteiger partial charge is 0.0953 e. The van der Waals surface area contributed by atoms with Crippen LogP contribution in [0.2, 0.25) is 0 Å². The van der Waals surface area contributed by atoms with Crippen molar-refractivity contribution in [2.75, 3.05) is 0 Å². The van der Waals surface area contributed by atoms with E-state index in [1.54, 1.807) is 19.5 Å². The topological polar surface area (TPSA) is 51.5 Å². The van der Waals surface area contributed by atoms with Crippen LogP contribution >= 0.6 is 0 Å². The normalized spacial score (nSPS) is 11.9. The highest BCUT2D eigenvalue weighted by atomic mass is 16.3. The van der Waals surface area contributed by atoms with Gasteiger partial charge >= 0.3 is 0 Å². The monoisotopic (exact) mass is 138 g/mol. The van der Waals surface area contributed by atoms with E-state index < -0.39 is 0 Å². The van der Waals surface area contributed by atoms with Gasteiger partial charge < -0.3 is 10.2 Å². The molecule has 0 aliphatic rings. The van der Waals surface area contributed by atoms with Crippen LogP contribution in [0.5, 0.6) is 0 Å². The molecule has 0 fully saturated rings. The Morgan fingerprint density at radius 2 is 2.60 bits per heavy atom. The Balaban J connectivity index is 2.49. The molecule has 2 N–H and O–H groups in total. The molecule has 1 heterocycles. The fraction of sp³-hybridized carbons (Fsp3) is 0.286. The van der Waals surface area contributed by atoms with Gasteiger partial charge in [0.1, 0.15) is 0 Å². The van der Waals surface area contributed by atoms with Gasteiger partial charge in [-0.25, -0.2) is 0 Å². The first kappa shape index (κ1) is 6.86. The first-order chi connectivity index (χ1) is 4.79. The van der Waals surface area contributed by atoms with Gasteiger partial charge in [0.2, 0.25) is 0 Å². The van der Waals surface area contributed by atoms with Crippen LogP contribution in [0, 0.1) is 0 Å². The van der Waals surface area contributed by atoms with E-state index in [4.69, 9.17) is 10.2 Å². The average molecular weight is 138 g/mol. The van der Waals surface area contributed by atoms with E-state index in [1.165, 1.54) is 0 Å². The van der Waals surface area contributed by atoms with Crippen molar-refractivity contribution >= 4 is 5.84 Å². The summed E-state index contributed by atoms with van der Waals surface area (Å²) in [4.78, 5) is 4.00. The van der Waals surface area contributed by atoms with E-state index in [9.17, 15) is 0 Å². The highest BCUT2D eigenvalue weighted by Gasteiger charge is 1.89. The largest absolute Gasteiger partial charge is 0.472 e. The molecule has 0 amide bonds. The molecule has 0 aromatic carbocycles. The summed E-state index contributed by atoms with van der Waals surface area (Å²) in [5, 5.41) is 0. The van der Waals surface area contributed by atoms with Crippen molar-refractivity contribution in [3.63, 3.8) is 0 Å². The molecule has 0 saturated heterocycles. The highest BCUT2D eigenvalue weighted by Crippen LogP contribution is 2.00. The number of nitrogens with two attached hydrogens (primary N) is 1. The molecule has 10 heavy (non-hydrogen) atoms. The number of hydrogen-bond acceptors (Lipinski definition) is 2. The van der Waals surface area contributed by atoms with Crippen molar-refractivity contribution in [1.29, 1.82) is 0 Å². The molecule has 0 saturated carbocycles. The van der Waals surface area contributed by atoms with E-state index in [0.717, 1.165) is 5.56 Å². The minimum absolute atomic E-state index is 0.598. The van der Waals surface area contributed by atoms with Gasteiger partial charge in [-0.05, 0) is 13.0 Å². The maximum absolute atomic E-state index is 5.33. The van der Waals surface area contributed by atoms with E-state index in [2.05, 4.69) is 4.99 Å². The summed E-state index contributed by atoms with van der Waals surface area (Å²) in [5.74, 6) is 0.598. The molecule has 0 aliphatic carbocycles. The van der Waals surface area contributed by atoms with Crippen LogP contribution in [0.25, 0.3) is 0 Å². The van der Waals surface area contributed by atoms with Gasteiger partial charge in [-0.15, -0.1) is 0 Å². The van der Waals surface area contributed by atoms with Gasteiger partial charge in [-0.1, -0.05) is 0 Å². The predicted octanol–water partition coefficient (Wildman–Crippen LogP) is 1.16. The Morgan fingerprint density at radius 3 is 3.10 bits per heavy atom. The molecule has 1 rings (SSSR count). The number of nitrogens with zero attached hydrogens (tertiary/aromatic N) is 1. The third-order valence-electron chi connectivity index (χ3n) is 1.09. The molecule has 3 nitrogen and oxygen atoms in total. The Labute approximate surface area is 59.6 Å². The van der Waals surface area contributed by atoms with E-state index in [1.807, 2.05) is 6.07 Å². The molecule has 1 aromatic rings. The Bertz CT molecular complexity index is 210. The fourth-order valence-corrected chi connectivity index (χ4v) is 0.599. The lowest BCUT2D eigenvalue weighted by molar-refractivity contribution is 0.564. The van der Waals surface area contributed by atoms with E-state index >= 15 is 0 Å². The Hall–Kier alpha value is -1.25. The molecular weight excluding hydrogens is 128 g/mol. The van der Waals surface area contributed by atoms with Crippen molar-refractivity contribution in [1.82, 2.24) is 0 Å². The van der Waals surface area contributed by atoms with E-state index in [-0.39, 0.29) is 0 Å². The zero-order valence-electron chi connectivity index (χ0n) is 5.87. The lowest BCUT2D eigenvalue weighted by Gasteiger charge is -1.88. The third-order valence-corrected chi connectivity index (χ3v) is 1.09. The predicted molar refractivity (Wildman–Crippen MR) is 39.7 cm³/mol. The zero-order chi connectivity index (χ0) is 7.40. The summed E-state index contributed by atoms with van der Waals surface area (Å²) >= 11 is 0. The molecular formula is C7H10N2O. The second-order valence-corrected chi connectivity index (χ2v) is 2.09. The Kier molecular flexibility index (Phi) is 2.10. The van der Waals surface area contributed by atoms with Crippen molar-refractivity contribution in [3.8, 4) is 0 Å². The van der Waals surface area contributed by atoms with Gasteiger partial charge in [0.15, 0.2) is 0 Å². The summed E-state index contributed by atoms with van der Waals surface area (Å²) in [6.45, 7) is 2.37. The summed E-state index contributed by atoms with van der Waals surface area (Å²) in [6.07, 6.45) is 3.28. The van der Waals surface area contributed by atoms with Crippen LogP contribution in [0.15, 0.2) is 28.0 Å². The zero-order valence-corrected chi connectivity index (χ0v) is 5.87. The fourth-order valence-electron chi connectivity index (χ4n) is 0.599. The lowest BCUT2D eigenvalue weighted by Crippen LogP contribution is -2.05. The number of hydrogen-bond donors (Lipinski definition) is 1. The van der Waals surface area contributed by atoms with Gasteiger partial charge in [0.25, 0.3) is 0 Å². The van der Waals surface area contributed by atoms with Gasteiger partial charge in [0.05, 0.1) is 24.9 Å². The summed E-state index contributed by atoms with van der Waals surface area (Å²) in [5.41, 5.74) is 6.37. The maximum atomic E-state index is 5.33. The standard InChI is InChI=1S/C7H10N2O/c1-6(8)9-4-7-2-3-10-5-7/h2-3,5H,4H2,1H3,(H2,8,9). The third kappa shape index (κ3) is 1.93. The second-order valence-electron chi connectivity index (χ2n) is 2.09. The molecule has 0 bridgehead atoms. The quantitative estimate of drug-likeness (QED) is 0.492. The van der Waals surface area contributed by atoms with Gasteiger partial charge in [-0.2, -0.15) is 0 Å². The van der Waals surface area contributed by atoms with Crippen molar-refractivity contribution in [3.05, 3.63) is 24.2 Å². The van der Waals surface area contributed by atoms with Crippen LogP contribution in [-0.2, 0) is 6.54 Å². The number of rotatable bonds is 2. The van der Waals surface area contributed by atoms with Gasteiger partial charge in [-0.3, -0.25) is 4.99 Å². The highest BCUT2D eigenvalue weighted by molar-refractivity contribution is 5.77. The summed E-state index contributed by atoms with van der Waals surface area (Å²) < 4.78 is 4.84. The molecule has 3 heteroatoms. The second kappa shape index (κ2) is 3.06. The molecule has 0 unspecified atom stereocenters. The number of amidine groups is 1. The van der Waals surface area contributed by atoms with Crippen molar-refractivity contribution in [2.24, 2.45) is 10.7 Å². The molecule has 0 spiro atoms. The van der Waals surface area contributed by atoms with E-state index in [0.29, 0.717) is 12.4 Å². The van der Waals surface area contributed by atoms with Crippen LogP contribution in [0.1, 0.15) is 12.5 Å². The average Bonchev–Trinajstić information content (AvgIpc) is 2.34. The number of furan rings is 1. The molecule has 0 atom stereocenters. The molecule has 0 radical (unpaired) electrons. The van der Waals surface area contributed by atoms with Crippen molar-refractivity contribution in [2.45, 2.75) is 13.5 Å². The van der Waals surface area contributed by atoms with Crippen LogP contribution < -0.4 is 5.73 Å². The van der Waals surface area contributed by atoms with Crippen LogP contribution in [0.4, 0.5) is 0 Å². The first-order valence-corrected chi connectivity index (χ1v) is 3.06. The summed E-state index contributed by atoms with van der Waals surface area (Å²) in [6, 6.07) is 1.87. The number of aliphatic imine (C=N–C) groups is 1. The van der Waals surface area contributed by atoms with Crippen molar-refractivity contribution < 1.29 is 4.42 Å². The maximum Gasteiger partial charge on any atom is 0.0953 e. The SMILES string of the molecule is CC(N)=NCc1ccoc1. The Morgan fingerprint density at radius 1 is 1.80 bits per heavy atom. The van der Waals surface area contributed by atoms with Crippen LogP contribution in [0.3, 0.4) is 0 Å². The molecule has 1 aromatic heterocycles. The first-order valence-electron chi connectivity index (χ1n) is 3.06. The van der Waals surface area contributed by atoms with Gasteiger partial charge in [0, 0.05) is 5.56 Å². The minimum atomic E-state index is 0.598.